The highest BCUT2D eigenvalue weighted by molar-refractivity contribution is 8.01. The maximum atomic E-state index is 11.0. The van der Waals surface area contributed by atoms with Gasteiger partial charge in [0.1, 0.15) is 28.9 Å². The van der Waals surface area contributed by atoms with Gasteiger partial charge in [-0.15, -0.1) is 0 Å². The highest BCUT2D eigenvalue weighted by atomic mass is 31.2. The normalized spacial score (nSPS) is 11.4. The van der Waals surface area contributed by atoms with Crippen LogP contribution in [0.4, 0.5) is 0 Å². The van der Waals surface area contributed by atoms with Crippen molar-refractivity contribution >= 4 is 28.5 Å². The molecule has 150 valence electrons. The molecule has 30 heavy (non-hydrogen) atoms. The molecule has 4 aromatic carbocycles. The van der Waals surface area contributed by atoms with Crippen molar-refractivity contribution in [3.05, 3.63) is 108 Å². The van der Waals surface area contributed by atoms with Gasteiger partial charge in [-0.25, -0.2) is 0 Å². The van der Waals surface area contributed by atoms with Gasteiger partial charge < -0.3 is 10.2 Å². The Labute approximate surface area is 178 Å². The number of benzene rings is 4. The zero-order chi connectivity index (χ0) is 21.3. The Morgan fingerprint density at radius 2 is 0.867 bits per heavy atom. The van der Waals surface area contributed by atoms with E-state index in [2.05, 4.69) is 93.6 Å². The molecule has 3 heteroatoms. The SMILES string of the molecule is Cc1ccc([P+](c2ccc(C)cc2)(c2ccc(C)cc2)c2cc(O)ccc2O)cc1. The molecule has 0 amide bonds. The van der Waals surface area contributed by atoms with Gasteiger partial charge in [0.15, 0.2) is 11.1 Å². The van der Waals surface area contributed by atoms with Crippen LogP contribution < -0.4 is 21.2 Å². The van der Waals surface area contributed by atoms with Crippen molar-refractivity contribution in [3.63, 3.8) is 0 Å². The van der Waals surface area contributed by atoms with Gasteiger partial charge in [-0.2, -0.15) is 0 Å². The number of hydrogen-bond donors (Lipinski definition) is 2. The van der Waals surface area contributed by atoms with Gasteiger partial charge in [0, 0.05) is 6.07 Å². The van der Waals surface area contributed by atoms with Gasteiger partial charge >= 0.3 is 0 Å². The van der Waals surface area contributed by atoms with Crippen LogP contribution in [-0.2, 0) is 0 Å². The lowest BCUT2D eigenvalue weighted by atomic mass is 10.2. The Kier molecular flexibility index (Phi) is 5.37. The summed E-state index contributed by atoms with van der Waals surface area (Å²) in [7, 11) is -2.44. The van der Waals surface area contributed by atoms with Crippen LogP contribution in [0.5, 0.6) is 11.5 Å². The highest BCUT2D eigenvalue weighted by Gasteiger charge is 2.50. The molecule has 0 aliphatic heterocycles. The molecule has 0 saturated carbocycles. The van der Waals surface area contributed by atoms with E-state index in [1.807, 2.05) is 0 Å². The van der Waals surface area contributed by atoms with E-state index >= 15 is 0 Å². The first kappa shape index (κ1) is 20.2. The predicted octanol–water partition coefficient (Wildman–Crippen LogP) is 4.64. The fourth-order valence-corrected chi connectivity index (χ4v) is 8.21. The lowest BCUT2D eigenvalue weighted by molar-refractivity contribution is 0.464. The molecule has 0 aliphatic rings. The number of phenolic OH excluding ortho intramolecular Hbond substituents is 2. The second-order valence-corrected chi connectivity index (χ2v) is 11.2. The number of hydrogen-bond acceptors (Lipinski definition) is 2. The predicted molar refractivity (Wildman–Crippen MR) is 129 cm³/mol. The fraction of sp³-hybridized carbons (Fsp3) is 0.111. The molecule has 0 spiro atoms. The van der Waals surface area contributed by atoms with Gasteiger partial charge in [-0.1, -0.05) is 53.1 Å². The van der Waals surface area contributed by atoms with E-state index in [0.717, 1.165) is 21.2 Å². The van der Waals surface area contributed by atoms with Crippen LogP contribution in [0.25, 0.3) is 0 Å². The molecular weight excluding hydrogens is 387 g/mol. The van der Waals surface area contributed by atoms with Gasteiger partial charge in [0.25, 0.3) is 0 Å². The summed E-state index contributed by atoms with van der Waals surface area (Å²) < 4.78 is 0. The highest BCUT2D eigenvalue weighted by Crippen LogP contribution is 2.56. The van der Waals surface area contributed by atoms with Gasteiger partial charge in [-0.05, 0) is 69.3 Å². The summed E-state index contributed by atoms with van der Waals surface area (Å²) in [6.45, 7) is 6.23. The molecule has 0 aliphatic carbocycles. The Bertz CT molecular complexity index is 1050. The van der Waals surface area contributed by atoms with Crippen molar-refractivity contribution < 1.29 is 10.2 Å². The van der Waals surface area contributed by atoms with E-state index in [9.17, 15) is 10.2 Å². The molecule has 0 bridgehead atoms. The van der Waals surface area contributed by atoms with Gasteiger partial charge in [-0.3, -0.25) is 0 Å². The minimum atomic E-state index is -2.44. The Morgan fingerprint density at radius 1 is 0.500 bits per heavy atom. The molecule has 0 unspecified atom stereocenters. The van der Waals surface area contributed by atoms with Crippen molar-refractivity contribution in [2.45, 2.75) is 20.8 Å². The topological polar surface area (TPSA) is 40.5 Å². The van der Waals surface area contributed by atoms with Crippen molar-refractivity contribution in [2.24, 2.45) is 0 Å². The van der Waals surface area contributed by atoms with E-state index < -0.39 is 7.26 Å². The minimum Gasteiger partial charge on any atom is -0.508 e. The minimum absolute atomic E-state index is 0.151. The monoisotopic (exact) mass is 413 g/mol. The summed E-state index contributed by atoms with van der Waals surface area (Å²) in [6.07, 6.45) is 0. The summed E-state index contributed by atoms with van der Waals surface area (Å²) in [5.74, 6) is 0.348. The van der Waals surface area contributed by atoms with Crippen molar-refractivity contribution in [1.82, 2.24) is 0 Å². The van der Waals surface area contributed by atoms with Crippen molar-refractivity contribution in [2.75, 3.05) is 0 Å². The Balaban J connectivity index is 2.17. The number of aryl methyl sites for hydroxylation is 3. The van der Waals surface area contributed by atoms with E-state index in [-0.39, 0.29) is 11.5 Å². The fourth-order valence-electron chi connectivity index (χ4n) is 3.95. The molecule has 4 aromatic rings. The van der Waals surface area contributed by atoms with Crippen LogP contribution in [0.3, 0.4) is 0 Å². The van der Waals surface area contributed by atoms with E-state index in [4.69, 9.17) is 0 Å². The quantitative estimate of drug-likeness (QED) is 0.378. The summed E-state index contributed by atoms with van der Waals surface area (Å²) in [5.41, 5.74) is 3.55. The van der Waals surface area contributed by atoms with Crippen LogP contribution in [0.2, 0.25) is 0 Å². The second kappa shape index (κ2) is 7.97. The third kappa shape index (κ3) is 3.49. The number of phenols is 2. The number of aromatic hydroxyl groups is 2. The standard InChI is InChI=1S/C27H25O2P/c1-19-4-11-23(12-5-19)30(24-13-6-20(2)7-14-24,25-15-8-21(3)9-16-25)27-18-22(28)10-17-26(27)29/h4-18H,1-3H3,(H-,28,29)/p+1. The lowest BCUT2D eigenvalue weighted by Gasteiger charge is -2.28. The molecule has 0 atom stereocenters. The summed E-state index contributed by atoms with van der Waals surface area (Å²) >= 11 is 0. The summed E-state index contributed by atoms with van der Waals surface area (Å²) in [4.78, 5) is 0. The van der Waals surface area contributed by atoms with E-state index in [1.54, 1.807) is 12.1 Å². The molecule has 0 fully saturated rings. The maximum absolute atomic E-state index is 11.0. The first-order valence-electron chi connectivity index (χ1n) is 10.0. The average molecular weight is 413 g/mol. The zero-order valence-corrected chi connectivity index (χ0v) is 18.4. The molecule has 4 rings (SSSR count). The second-order valence-electron chi connectivity index (χ2n) is 7.85. The van der Waals surface area contributed by atoms with Crippen LogP contribution in [0.15, 0.2) is 91.0 Å². The van der Waals surface area contributed by atoms with Crippen LogP contribution >= 0.6 is 7.26 Å². The number of rotatable bonds is 4. The van der Waals surface area contributed by atoms with Crippen LogP contribution in [0, 0.1) is 20.8 Å². The van der Waals surface area contributed by atoms with Gasteiger partial charge in [0.2, 0.25) is 0 Å². The smallest absolute Gasteiger partial charge is 0.159 e. The maximum Gasteiger partial charge on any atom is 0.159 e. The molecular formula is C27H26O2P+. The largest absolute Gasteiger partial charge is 0.508 e. The summed E-state index contributed by atoms with van der Waals surface area (Å²) in [6, 6.07) is 30.5. The van der Waals surface area contributed by atoms with Crippen molar-refractivity contribution in [3.8, 4) is 11.5 Å². The van der Waals surface area contributed by atoms with Crippen LogP contribution in [0.1, 0.15) is 16.7 Å². The molecule has 0 aromatic heterocycles. The molecule has 0 heterocycles. The van der Waals surface area contributed by atoms with Crippen molar-refractivity contribution in [1.29, 1.82) is 0 Å². The van der Waals surface area contributed by atoms with E-state index in [0.29, 0.717) is 0 Å². The first-order valence-corrected chi connectivity index (χ1v) is 11.8. The van der Waals surface area contributed by atoms with Gasteiger partial charge in [0.05, 0.1) is 0 Å². The lowest BCUT2D eigenvalue weighted by Crippen LogP contribution is -2.38. The third-order valence-electron chi connectivity index (χ3n) is 5.58. The Hall–Kier alpha value is -3.09. The van der Waals surface area contributed by atoms with Crippen LogP contribution in [-0.4, -0.2) is 10.2 Å². The molecule has 0 radical (unpaired) electrons. The third-order valence-corrected chi connectivity index (χ3v) is 9.88. The zero-order valence-electron chi connectivity index (χ0n) is 17.5. The molecule has 0 saturated heterocycles. The van der Waals surface area contributed by atoms with E-state index in [1.165, 1.54) is 22.8 Å². The Morgan fingerprint density at radius 3 is 1.23 bits per heavy atom. The average Bonchev–Trinajstić information content (AvgIpc) is 2.74. The molecule has 2 N–H and O–H groups in total. The first-order chi connectivity index (χ1) is 14.4. The molecule has 2 nitrogen and oxygen atoms in total. The summed E-state index contributed by atoms with van der Waals surface area (Å²) in [5, 5.41) is 25.6.